The largest absolute Gasteiger partial charge is 0.493 e. The topological polar surface area (TPSA) is 67.9 Å². The van der Waals surface area contributed by atoms with Crippen molar-refractivity contribution in [3.8, 4) is 23.8 Å². The van der Waals surface area contributed by atoms with Gasteiger partial charge in [-0.2, -0.15) is 0 Å². The first kappa shape index (κ1) is 19.8. The van der Waals surface area contributed by atoms with Gasteiger partial charge in [-0.1, -0.05) is 30.2 Å². The number of amides is 2. The van der Waals surface area contributed by atoms with Crippen LogP contribution in [0, 0.1) is 12.3 Å². The number of para-hydroxylation sites is 1. The van der Waals surface area contributed by atoms with E-state index in [1.807, 2.05) is 12.1 Å². The molecule has 0 aliphatic carbocycles. The van der Waals surface area contributed by atoms with E-state index in [-0.39, 0.29) is 12.2 Å². The molecule has 146 valence electrons. The van der Waals surface area contributed by atoms with Crippen LogP contribution in [0.3, 0.4) is 0 Å². The molecule has 1 saturated heterocycles. The van der Waals surface area contributed by atoms with Crippen LogP contribution in [0.2, 0.25) is 0 Å². The summed E-state index contributed by atoms with van der Waals surface area (Å²) in [5, 5.41) is 1.22. The maximum absolute atomic E-state index is 12.8. The van der Waals surface area contributed by atoms with Gasteiger partial charge in [-0.15, -0.1) is 13.0 Å². The summed E-state index contributed by atoms with van der Waals surface area (Å²) in [5.74, 6) is 2.49. The number of anilines is 1. The number of nitrogens with one attached hydrogen (secondary N) is 1. The van der Waals surface area contributed by atoms with Crippen LogP contribution in [0.1, 0.15) is 11.1 Å². The van der Waals surface area contributed by atoms with E-state index in [1.54, 1.807) is 36.4 Å². The quantitative estimate of drug-likeness (QED) is 0.343. The highest BCUT2D eigenvalue weighted by atomic mass is 16.5. The Balaban J connectivity index is 2.00. The van der Waals surface area contributed by atoms with Crippen molar-refractivity contribution >= 4 is 23.6 Å². The van der Waals surface area contributed by atoms with Crippen molar-refractivity contribution in [2.24, 2.45) is 0 Å². The Labute approximate surface area is 169 Å². The fourth-order valence-electron chi connectivity index (χ4n) is 2.99. The van der Waals surface area contributed by atoms with Crippen molar-refractivity contribution < 1.29 is 19.1 Å². The molecule has 2 aromatic rings. The molecule has 0 spiro atoms. The van der Waals surface area contributed by atoms with Gasteiger partial charge in [0.1, 0.15) is 12.2 Å². The highest BCUT2D eigenvalue weighted by Crippen LogP contribution is 2.34. The maximum atomic E-state index is 12.8. The number of allylic oxidation sites excluding steroid dienone is 1. The Bertz CT molecular complexity index is 1020. The minimum Gasteiger partial charge on any atom is -0.493 e. The van der Waals surface area contributed by atoms with Gasteiger partial charge in [0.25, 0.3) is 11.8 Å². The summed E-state index contributed by atoms with van der Waals surface area (Å²) in [5.41, 5.74) is 4.60. The van der Waals surface area contributed by atoms with E-state index in [4.69, 9.17) is 15.9 Å². The summed E-state index contributed by atoms with van der Waals surface area (Å²) in [6.45, 7) is 3.85. The molecule has 1 fully saturated rings. The van der Waals surface area contributed by atoms with Crippen molar-refractivity contribution in [1.82, 2.24) is 5.43 Å². The summed E-state index contributed by atoms with van der Waals surface area (Å²) in [6.07, 6.45) is 9.04. The zero-order valence-electron chi connectivity index (χ0n) is 16.0. The first-order valence-corrected chi connectivity index (χ1v) is 8.89. The van der Waals surface area contributed by atoms with Gasteiger partial charge in [0.05, 0.1) is 12.8 Å². The number of terminal acetylenes is 1. The monoisotopic (exact) mass is 388 g/mol. The van der Waals surface area contributed by atoms with Crippen molar-refractivity contribution in [3.63, 3.8) is 0 Å². The molecule has 2 amide bonds. The van der Waals surface area contributed by atoms with Gasteiger partial charge in [0.2, 0.25) is 0 Å². The second kappa shape index (κ2) is 8.81. The van der Waals surface area contributed by atoms with Gasteiger partial charge in [-0.25, -0.2) is 5.01 Å². The lowest BCUT2D eigenvalue weighted by atomic mass is 10.0. The average Bonchev–Trinajstić information content (AvgIpc) is 3.01. The van der Waals surface area contributed by atoms with Crippen molar-refractivity contribution in [3.05, 3.63) is 71.8 Å². The van der Waals surface area contributed by atoms with E-state index in [9.17, 15) is 9.59 Å². The zero-order chi connectivity index (χ0) is 20.8. The lowest BCUT2D eigenvalue weighted by Crippen LogP contribution is -2.35. The molecular weight excluding hydrogens is 368 g/mol. The number of carbonyl (C=O) groups is 2. The van der Waals surface area contributed by atoms with Crippen LogP contribution in [0.25, 0.3) is 6.08 Å². The second-order valence-corrected chi connectivity index (χ2v) is 6.17. The Hall–Kier alpha value is -3.98. The predicted molar refractivity (Wildman–Crippen MR) is 111 cm³/mol. The highest BCUT2D eigenvalue weighted by molar-refractivity contribution is 6.31. The number of hydrogen-bond donors (Lipinski definition) is 1. The third kappa shape index (κ3) is 4.14. The minimum atomic E-state index is -0.476. The Kier molecular flexibility index (Phi) is 6.00. The lowest BCUT2D eigenvalue weighted by Gasteiger charge is -2.15. The summed E-state index contributed by atoms with van der Waals surface area (Å²) < 4.78 is 11.0. The molecule has 1 aliphatic heterocycles. The van der Waals surface area contributed by atoms with Gasteiger partial charge >= 0.3 is 0 Å². The Morgan fingerprint density at radius 1 is 1.24 bits per heavy atom. The van der Waals surface area contributed by atoms with Gasteiger partial charge in [0, 0.05) is 5.56 Å². The third-order valence-corrected chi connectivity index (χ3v) is 4.25. The van der Waals surface area contributed by atoms with Crippen molar-refractivity contribution in [2.45, 2.75) is 6.42 Å². The van der Waals surface area contributed by atoms with Crippen LogP contribution in [0.4, 0.5) is 5.69 Å². The van der Waals surface area contributed by atoms with E-state index in [0.29, 0.717) is 29.2 Å². The number of hydrogen-bond acceptors (Lipinski definition) is 4. The summed E-state index contributed by atoms with van der Waals surface area (Å²) in [6, 6.07) is 12.4. The van der Waals surface area contributed by atoms with E-state index in [2.05, 4.69) is 17.9 Å². The Morgan fingerprint density at radius 3 is 2.66 bits per heavy atom. The van der Waals surface area contributed by atoms with Crippen molar-refractivity contribution in [1.29, 1.82) is 0 Å². The van der Waals surface area contributed by atoms with Crippen LogP contribution in [-0.4, -0.2) is 25.5 Å². The fourth-order valence-corrected chi connectivity index (χ4v) is 2.99. The number of methoxy groups -OCH3 is 1. The SMILES string of the molecule is C#CCOc1c(CC=C)cc(C=C2C(=O)NN(c3ccccc3)C2=O)cc1OC. The van der Waals surface area contributed by atoms with Gasteiger partial charge in [-0.3, -0.25) is 15.0 Å². The number of hydrazine groups is 1. The number of nitrogens with zero attached hydrogens (tertiary/aromatic N) is 1. The number of benzene rings is 2. The molecule has 0 aromatic heterocycles. The fraction of sp³-hybridized carbons (Fsp3) is 0.130. The standard InChI is InChI=1S/C23H20N2O4/c1-4-9-17-13-16(15-20(28-3)21(17)29-12-5-2)14-19-22(26)24-25(23(19)27)18-10-7-6-8-11-18/h2,4,6-8,10-11,13-15H,1,9,12H2,3H3,(H,24,26). The van der Waals surface area contributed by atoms with Crippen LogP contribution < -0.4 is 19.9 Å². The molecular formula is C23H20N2O4. The molecule has 0 bridgehead atoms. The molecule has 1 N–H and O–H groups in total. The van der Waals surface area contributed by atoms with E-state index in [1.165, 1.54) is 18.2 Å². The maximum Gasteiger partial charge on any atom is 0.282 e. The molecule has 0 unspecified atom stereocenters. The third-order valence-electron chi connectivity index (χ3n) is 4.25. The zero-order valence-corrected chi connectivity index (χ0v) is 16.0. The minimum absolute atomic E-state index is 0.0257. The van der Waals surface area contributed by atoms with Gasteiger partial charge in [0.15, 0.2) is 11.5 Å². The summed E-state index contributed by atoms with van der Waals surface area (Å²) >= 11 is 0. The van der Waals surface area contributed by atoms with Crippen LogP contribution >= 0.6 is 0 Å². The normalized spacial score (nSPS) is 14.5. The number of rotatable bonds is 7. The molecule has 2 aromatic carbocycles. The van der Waals surface area contributed by atoms with Crippen molar-refractivity contribution in [2.75, 3.05) is 18.7 Å². The molecule has 0 radical (unpaired) electrons. The molecule has 6 nitrogen and oxygen atoms in total. The van der Waals surface area contributed by atoms with Crippen LogP contribution in [0.5, 0.6) is 11.5 Å². The van der Waals surface area contributed by atoms with Crippen LogP contribution in [0.15, 0.2) is 60.7 Å². The predicted octanol–water partition coefficient (Wildman–Crippen LogP) is 2.90. The van der Waals surface area contributed by atoms with E-state index < -0.39 is 11.8 Å². The number of carbonyl (C=O) groups excluding carboxylic acids is 2. The lowest BCUT2D eigenvalue weighted by molar-refractivity contribution is -0.117. The molecule has 6 heteroatoms. The van der Waals surface area contributed by atoms with Gasteiger partial charge < -0.3 is 9.47 Å². The average molecular weight is 388 g/mol. The highest BCUT2D eigenvalue weighted by Gasteiger charge is 2.34. The molecule has 3 rings (SSSR count). The second-order valence-electron chi connectivity index (χ2n) is 6.17. The molecule has 1 aliphatic rings. The van der Waals surface area contributed by atoms with Gasteiger partial charge in [-0.05, 0) is 42.3 Å². The van der Waals surface area contributed by atoms with E-state index in [0.717, 1.165) is 5.56 Å². The van der Waals surface area contributed by atoms with E-state index >= 15 is 0 Å². The molecule has 0 atom stereocenters. The Morgan fingerprint density at radius 2 is 2.00 bits per heavy atom. The summed E-state index contributed by atoms with van der Waals surface area (Å²) in [4.78, 5) is 25.2. The summed E-state index contributed by atoms with van der Waals surface area (Å²) in [7, 11) is 1.51. The molecule has 0 saturated carbocycles. The van der Waals surface area contributed by atoms with Crippen LogP contribution in [-0.2, 0) is 16.0 Å². The molecule has 29 heavy (non-hydrogen) atoms. The first-order chi connectivity index (χ1) is 14.1. The number of ether oxygens (including phenoxy) is 2. The first-order valence-electron chi connectivity index (χ1n) is 8.89. The molecule has 1 heterocycles. The smallest absolute Gasteiger partial charge is 0.282 e.